The third-order valence-electron chi connectivity index (χ3n) is 5.84. The van der Waals surface area contributed by atoms with Crippen LogP contribution in [-0.2, 0) is 11.3 Å². The SMILES string of the molecule is Cc1cc(N(CCO)C(C)c2ccc(C)c(CN3CC(C(=O)O)C3)c2)ccc1Cl. The van der Waals surface area contributed by atoms with Crippen molar-refractivity contribution in [1.29, 1.82) is 0 Å². The van der Waals surface area contributed by atoms with Crippen LogP contribution in [0, 0.1) is 19.8 Å². The lowest BCUT2D eigenvalue weighted by atomic mass is 9.96. The molecule has 0 radical (unpaired) electrons. The molecule has 2 aromatic rings. The molecule has 5 nitrogen and oxygen atoms in total. The third kappa shape index (κ3) is 4.92. The van der Waals surface area contributed by atoms with Crippen LogP contribution in [0.25, 0.3) is 0 Å². The second-order valence-electron chi connectivity index (χ2n) is 7.94. The third-order valence-corrected chi connectivity index (χ3v) is 6.26. The van der Waals surface area contributed by atoms with Gasteiger partial charge in [-0.1, -0.05) is 29.8 Å². The molecule has 1 aliphatic rings. The second-order valence-corrected chi connectivity index (χ2v) is 8.35. The number of hydrogen-bond donors (Lipinski definition) is 2. The molecule has 2 aromatic carbocycles. The smallest absolute Gasteiger partial charge is 0.309 e. The molecule has 1 fully saturated rings. The summed E-state index contributed by atoms with van der Waals surface area (Å²) in [7, 11) is 0. The topological polar surface area (TPSA) is 64.0 Å². The number of carboxylic acids is 1. The number of carboxylic acid groups (broad SMARTS) is 1. The van der Waals surface area contributed by atoms with E-state index in [0.717, 1.165) is 22.8 Å². The van der Waals surface area contributed by atoms with E-state index >= 15 is 0 Å². The molecule has 1 atom stereocenters. The number of aryl methyl sites for hydroxylation is 2. The summed E-state index contributed by atoms with van der Waals surface area (Å²) in [6.07, 6.45) is 0. The molecule has 6 heteroatoms. The van der Waals surface area contributed by atoms with Gasteiger partial charge in [-0.15, -0.1) is 0 Å². The van der Waals surface area contributed by atoms with Gasteiger partial charge in [0.15, 0.2) is 0 Å². The van der Waals surface area contributed by atoms with Gasteiger partial charge in [-0.2, -0.15) is 0 Å². The van der Waals surface area contributed by atoms with Crippen LogP contribution in [0.4, 0.5) is 5.69 Å². The Kier molecular flexibility index (Phi) is 6.83. The van der Waals surface area contributed by atoms with Crippen molar-refractivity contribution in [2.75, 3.05) is 31.1 Å². The fraction of sp³-hybridized carbons (Fsp3) is 0.435. The number of nitrogens with zero attached hydrogens (tertiary/aromatic N) is 2. The predicted octanol–water partition coefficient (Wildman–Crippen LogP) is 4.03. The first-order valence-corrected chi connectivity index (χ1v) is 10.4. The summed E-state index contributed by atoms with van der Waals surface area (Å²) < 4.78 is 0. The Morgan fingerprint density at radius 1 is 1.21 bits per heavy atom. The molecule has 1 heterocycles. The fourth-order valence-corrected chi connectivity index (χ4v) is 3.98. The van der Waals surface area contributed by atoms with Crippen LogP contribution in [0.15, 0.2) is 36.4 Å². The molecule has 0 spiro atoms. The maximum absolute atomic E-state index is 11.0. The Morgan fingerprint density at radius 2 is 1.93 bits per heavy atom. The number of likely N-dealkylation sites (tertiary alicyclic amines) is 1. The average molecular weight is 417 g/mol. The normalized spacial score (nSPS) is 15.8. The Bertz CT molecular complexity index is 880. The van der Waals surface area contributed by atoms with Crippen molar-refractivity contribution in [2.45, 2.75) is 33.4 Å². The first-order valence-electron chi connectivity index (χ1n) is 9.98. The molecule has 0 bridgehead atoms. The molecule has 1 unspecified atom stereocenters. The van der Waals surface area contributed by atoms with Gasteiger partial charge in [0.1, 0.15) is 0 Å². The first-order chi connectivity index (χ1) is 13.8. The lowest BCUT2D eigenvalue weighted by Crippen LogP contribution is -2.49. The largest absolute Gasteiger partial charge is 0.481 e. The Balaban J connectivity index is 1.80. The van der Waals surface area contributed by atoms with Gasteiger partial charge in [-0.05, 0) is 61.2 Å². The molecule has 3 rings (SSSR count). The number of aliphatic hydroxyl groups is 1. The van der Waals surface area contributed by atoms with Gasteiger partial charge in [0.25, 0.3) is 0 Å². The number of carbonyl (C=O) groups is 1. The van der Waals surface area contributed by atoms with E-state index in [1.165, 1.54) is 16.7 Å². The summed E-state index contributed by atoms with van der Waals surface area (Å²) in [5.41, 5.74) is 5.63. The van der Waals surface area contributed by atoms with Crippen LogP contribution in [0.2, 0.25) is 5.02 Å². The highest BCUT2D eigenvalue weighted by molar-refractivity contribution is 6.31. The highest BCUT2D eigenvalue weighted by atomic mass is 35.5. The minimum Gasteiger partial charge on any atom is -0.481 e. The van der Waals surface area contributed by atoms with E-state index in [4.69, 9.17) is 16.7 Å². The molecular weight excluding hydrogens is 388 g/mol. The number of anilines is 1. The summed E-state index contributed by atoms with van der Waals surface area (Å²) in [4.78, 5) is 15.4. The van der Waals surface area contributed by atoms with E-state index < -0.39 is 5.97 Å². The number of aliphatic hydroxyl groups excluding tert-OH is 1. The molecule has 0 aromatic heterocycles. The summed E-state index contributed by atoms with van der Waals surface area (Å²) in [5, 5.41) is 19.4. The van der Waals surface area contributed by atoms with Gasteiger partial charge >= 0.3 is 5.97 Å². The zero-order valence-electron chi connectivity index (χ0n) is 17.2. The summed E-state index contributed by atoms with van der Waals surface area (Å²) in [6.45, 7) is 8.77. The molecule has 29 heavy (non-hydrogen) atoms. The molecule has 0 amide bonds. The summed E-state index contributed by atoms with van der Waals surface area (Å²) >= 11 is 6.19. The molecule has 1 aliphatic heterocycles. The van der Waals surface area contributed by atoms with Gasteiger partial charge in [0, 0.05) is 36.9 Å². The highest BCUT2D eigenvalue weighted by Gasteiger charge is 2.32. The zero-order valence-corrected chi connectivity index (χ0v) is 18.0. The van der Waals surface area contributed by atoms with Crippen molar-refractivity contribution in [3.05, 3.63) is 63.7 Å². The number of rotatable bonds is 8. The highest BCUT2D eigenvalue weighted by Crippen LogP contribution is 2.31. The number of halogens is 1. The Morgan fingerprint density at radius 3 is 2.55 bits per heavy atom. The fourth-order valence-electron chi connectivity index (χ4n) is 3.86. The summed E-state index contributed by atoms with van der Waals surface area (Å²) in [6, 6.07) is 12.5. The minimum atomic E-state index is -0.710. The van der Waals surface area contributed by atoms with E-state index in [0.29, 0.717) is 19.6 Å². The lowest BCUT2D eigenvalue weighted by molar-refractivity contribution is -0.147. The standard InChI is InChI=1S/C23H29ClN2O3/c1-15-4-5-18(11-19(15)12-25-13-20(14-25)23(28)29)17(3)26(8-9-27)21-6-7-22(24)16(2)10-21/h4-7,10-11,17,20,27H,8-9,12-14H2,1-3H3,(H,28,29). The molecular formula is C23H29ClN2O3. The van der Waals surface area contributed by atoms with Crippen LogP contribution in [0.3, 0.4) is 0 Å². The first kappa shape index (κ1) is 21.6. The summed E-state index contributed by atoms with van der Waals surface area (Å²) in [5.74, 6) is -0.955. The van der Waals surface area contributed by atoms with Crippen LogP contribution >= 0.6 is 11.6 Å². The van der Waals surface area contributed by atoms with Crippen LogP contribution < -0.4 is 4.90 Å². The van der Waals surface area contributed by atoms with E-state index in [9.17, 15) is 9.90 Å². The molecule has 0 saturated carbocycles. The molecule has 0 aliphatic carbocycles. The van der Waals surface area contributed by atoms with Gasteiger partial charge in [-0.3, -0.25) is 9.69 Å². The maximum Gasteiger partial charge on any atom is 0.309 e. The van der Waals surface area contributed by atoms with E-state index in [1.54, 1.807) is 0 Å². The molecule has 156 valence electrons. The van der Waals surface area contributed by atoms with Crippen LogP contribution in [0.5, 0.6) is 0 Å². The van der Waals surface area contributed by atoms with Crippen molar-refractivity contribution in [3.8, 4) is 0 Å². The van der Waals surface area contributed by atoms with Crippen molar-refractivity contribution < 1.29 is 15.0 Å². The van der Waals surface area contributed by atoms with Crippen molar-refractivity contribution in [1.82, 2.24) is 4.90 Å². The average Bonchev–Trinajstić information content (AvgIpc) is 2.65. The number of benzene rings is 2. The molecule has 2 N–H and O–H groups in total. The predicted molar refractivity (Wildman–Crippen MR) is 117 cm³/mol. The van der Waals surface area contributed by atoms with Gasteiger partial charge in [0.2, 0.25) is 0 Å². The van der Waals surface area contributed by atoms with Gasteiger partial charge in [0.05, 0.1) is 18.6 Å². The van der Waals surface area contributed by atoms with Gasteiger partial charge in [-0.25, -0.2) is 0 Å². The minimum absolute atomic E-state index is 0.0646. The lowest BCUT2D eigenvalue weighted by Gasteiger charge is -2.37. The number of aliphatic carboxylic acids is 1. The monoisotopic (exact) mass is 416 g/mol. The van der Waals surface area contributed by atoms with Crippen molar-refractivity contribution in [3.63, 3.8) is 0 Å². The Hall–Kier alpha value is -2.08. The van der Waals surface area contributed by atoms with E-state index in [2.05, 4.69) is 47.9 Å². The zero-order chi connectivity index (χ0) is 21.1. The van der Waals surface area contributed by atoms with E-state index in [1.807, 2.05) is 19.1 Å². The molecule has 1 saturated heterocycles. The van der Waals surface area contributed by atoms with Crippen molar-refractivity contribution >= 4 is 23.3 Å². The number of hydrogen-bond acceptors (Lipinski definition) is 4. The van der Waals surface area contributed by atoms with E-state index in [-0.39, 0.29) is 18.6 Å². The maximum atomic E-state index is 11.0. The van der Waals surface area contributed by atoms with Crippen LogP contribution in [0.1, 0.15) is 35.2 Å². The van der Waals surface area contributed by atoms with Gasteiger partial charge < -0.3 is 15.1 Å². The quantitative estimate of drug-likeness (QED) is 0.680. The van der Waals surface area contributed by atoms with Crippen LogP contribution in [-0.4, -0.2) is 47.3 Å². The second kappa shape index (κ2) is 9.16. The van der Waals surface area contributed by atoms with Crippen molar-refractivity contribution in [2.24, 2.45) is 5.92 Å². The Labute approximate surface area is 177 Å².